The van der Waals surface area contributed by atoms with Crippen molar-refractivity contribution < 1.29 is 14.4 Å². The van der Waals surface area contributed by atoms with Gasteiger partial charge >= 0.3 is 0 Å². The normalized spacial score (nSPS) is 18.9. The standard InChI is InChI=1S/C27H35N5O3/c1-20(2)21-8-10-22(11-9-21)29-25(33)18-24-27(35)28-12-13-32(24)26(34)19-30-14-16-31(17-15-30)23-6-4-3-5-7-23/h3-11,20,24H,12-19H2,1-2H3,(H,28,35)(H,29,33)/t24-/m1/s1. The molecular formula is C27H35N5O3. The van der Waals surface area contributed by atoms with Crippen molar-refractivity contribution in [3.63, 3.8) is 0 Å². The fraction of sp³-hybridized carbons (Fsp3) is 0.444. The summed E-state index contributed by atoms with van der Waals surface area (Å²) in [6.07, 6.45) is -0.0642. The van der Waals surface area contributed by atoms with E-state index in [1.165, 1.54) is 11.3 Å². The van der Waals surface area contributed by atoms with Gasteiger partial charge in [0, 0.05) is 50.6 Å². The molecule has 0 aromatic heterocycles. The molecule has 8 nitrogen and oxygen atoms in total. The molecule has 1 atom stereocenters. The first-order chi connectivity index (χ1) is 16.9. The zero-order valence-electron chi connectivity index (χ0n) is 20.6. The number of nitrogens with zero attached hydrogens (tertiary/aromatic N) is 3. The first kappa shape index (κ1) is 24.7. The maximum atomic E-state index is 13.2. The van der Waals surface area contributed by atoms with E-state index in [9.17, 15) is 14.4 Å². The monoisotopic (exact) mass is 477 g/mol. The first-order valence-corrected chi connectivity index (χ1v) is 12.4. The van der Waals surface area contributed by atoms with Gasteiger partial charge in [0.15, 0.2) is 0 Å². The Hall–Kier alpha value is -3.39. The summed E-state index contributed by atoms with van der Waals surface area (Å²) in [4.78, 5) is 44.5. The minimum absolute atomic E-state index is 0.0642. The summed E-state index contributed by atoms with van der Waals surface area (Å²) >= 11 is 0. The molecule has 2 N–H and O–H groups in total. The van der Waals surface area contributed by atoms with Gasteiger partial charge in [-0.25, -0.2) is 0 Å². The van der Waals surface area contributed by atoms with Crippen LogP contribution in [0, 0.1) is 0 Å². The fourth-order valence-corrected chi connectivity index (χ4v) is 4.64. The van der Waals surface area contributed by atoms with Gasteiger partial charge in [-0.15, -0.1) is 0 Å². The highest BCUT2D eigenvalue weighted by Crippen LogP contribution is 2.19. The Morgan fingerprint density at radius 3 is 2.31 bits per heavy atom. The van der Waals surface area contributed by atoms with Crippen LogP contribution < -0.4 is 15.5 Å². The molecule has 0 bridgehead atoms. The van der Waals surface area contributed by atoms with Crippen molar-refractivity contribution in [1.82, 2.24) is 15.1 Å². The zero-order chi connectivity index (χ0) is 24.8. The number of anilines is 2. The SMILES string of the molecule is CC(C)c1ccc(NC(=O)C[C@@H]2C(=O)NCCN2C(=O)CN2CCN(c3ccccc3)CC2)cc1. The second-order valence-corrected chi connectivity index (χ2v) is 9.52. The molecule has 2 fully saturated rings. The Kier molecular flexibility index (Phi) is 8.02. The Balaban J connectivity index is 1.31. The van der Waals surface area contributed by atoms with Crippen LogP contribution in [0.15, 0.2) is 54.6 Å². The van der Waals surface area contributed by atoms with Crippen molar-refractivity contribution in [3.8, 4) is 0 Å². The summed E-state index contributed by atoms with van der Waals surface area (Å²) in [6.45, 7) is 8.55. The quantitative estimate of drug-likeness (QED) is 0.639. The van der Waals surface area contributed by atoms with Gasteiger partial charge in [0.05, 0.1) is 13.0 Å². The third kappa shape index (κ3) is 6.39. The third-order valence-electron chi connectivity index (χ3n) is 6.74. The Labute approximate surface area is 207 Å². The lowest BCUT2D eigenvalue weighted by atomic mass is 10.0. The van der Waals surface area contributed by atoms with Gasteiger partial charge in [-0.1, -0.05) is 44.2 Å². The summed E-state index contributed by atoms with van der Waals surface area (Å²) < 4.78 is 0. The van der Waals surface area contributed by atoms with Crippen LogP contribution in [0.1, 0.15) is 31.7 Å². The smallest absolute Gasteiger partial charge is 0.243 e. The number of carbonyl (C=O) groups is 3. The van der Waals surface area contributed by atoms with Crippen LogP contribution in [0.2, 0.25) is 0 Å². The summed E-state index contributed by atoms with van der Waals surface area (Å²) in [7, 11) is 0. The van der Waals surface area contributed by atoms with E-state index in [0.717, 1.165) is 26.2 Å². The average Bonchev–Trinajstić information content (AvgIpc) is 2.86. The minimum Gasteiger partial charge on any atom is -0.369 e. The van der Waals surface area contributed by atoms with E-state index in [0.29, 0.717) is 24.7 Å². The number of carbonyl (C=O) groups excluding carboxylic acids is 3. The van der Waals surface area contributed by atoms with Gasteiger partial charge in [-0.2, -0.15) is 0 Å². The second-order valence-electron chi connectivity index (χ2n) is 9.52. The summed E-state index contributed by atoms with van der Waals surface area (Å²) in [5.74, 6) is -0.249. The van der Waals surface area contributed by atoms with E-state index in [4.69, 9.17) is 0 Å². The van der Waals surface area contributed by atoms with E-state index in [-0.39, 0.29) is 30.7 Å². The molecule has 2 aromatic carbocycles. The van der Waals surface area contributed by atoms with Crippen molar-refractivity contribution >= 4 is 29.1 Å². The molecule has 3 amide bonds. The predicted octanol–water partition coefficient (Wildman–Crippen LogP) is 2.29. The average molecular weight is 478 g/mol. The fourth-order valence-electron chi connectivity index (χ4n) is 4.64. The van der Waals surface area contributed by atoms with Crippen molar-refractivity contribution in [3.05, 3.63) is 60.2 Å². The van der Waals surface area contributed by atoms with Crippen LogP contribution in [-0.2, 0) is 14.4 Å². The molecule has 0 radical (unpaired) electrons. The number of nitrogens with one attached hydrogen (secondary N) is 2. The lowest BCUT2D eigenvalue weighted by Crippen LogP contribution is -2.60. The number of para-hydroxylation sites is 1. The number of piperazine rings is 2. The Morgan fingerprint density at radius 2 is 1.66 bits per heavy atom. The van der Waals surface area contributed by atoms with Gasteiger partial charge in [-0.3, -0.25) is 19.3 Å². The van der Waals surface area contributed by atoms with Gasteiger partial charge in [0.2, 0.25) is 17.7 Å². The maximum absolute atomic E-state index is 13.2. The molecule has 0 aliphatic carbocycles. The molecule has 2 aliphatic rings. The topological polar surface area (TPSA) is 85.0 Å². The number of rotatable bonds is 7. The molecule has 2 saturated heterocycles. The largest absolute Gasteiger partial charge is 0.369 e. The predicted molar refractivity (Wildman–Crippen MR) is 137 cm³/mol. The van der Waals surface area contributed by atoms with Crippen LogP contribution in [-0.4, -0.2) is 79.4 Å². The van der Waals surface area contributed by atoms with Crippen molar-refractivity contribution in [2.24, 2.45) is 0 Å². The lowest BCUT2D eigenvalue weighted by molar-refractivity contribution is -0.145. The van der Waals surface area contributed by atoms with Gasteiger partial charge < -0.3 is 20.4 Å². The molecule has 186 valence electrons. The van der Waals surface area contributed by atoms with E-state index in [1.807, 2.05) is 42.5 Å². The number of hydrogen-bond acceptors (Lipinski definition) is 5. The second kappa shape index (κ2) is 11.4. The summed E-state index contributed by atoms with van der Waals surface area (Å²) in [5.41, 5.74) is 3.07. The van der Waals surface area contributed by atoms with Crippen molar-refractivity contribution in [2.75, 3.05) is 56.0 Å². The molecule has 0 spiro atoms. The van der Waals surface area contributed by atoms with Crippen molar-refractivity contribution in [2.45, 2.75) is 32.2 Å². The van der Waals surface area contributed by atoms with E-state index in [1.54, 1.807) is 4.90 Å². The van der Waals surface area contributed by atoms with E-state index < -0.39 is 6.04 Å². The minimum atomic E-state index is -0.795. The third-order valence-corrected chi connectivity index (χ3v) is 6.74. The maximum Gasteiger partial charge on any atom is 0.243 e. The van der Waals surface area contributed by atoms with Gasteiger partial charge in [0.25, 0.3) is 0 Å². The Bertz CT molecular complexity index is 1020. The van der Waals surface area contributed by atoms with Crippen LogP contribution >= 0.6 is 0 Å². The van der Waals surface area contributed by atoms with Crippen LogP contribution in [0.5, 0.6) is 0 Å². The molecule has 2 aromatic rings. The molecular weight excluding hydrogens is 442 g/mol. The number of amides is 3. The molecule has 0 saturated carbocycles. The van der Waals surface area contributed by atoms with Crippen molar-refractivity contribution in [1.29, 1.82) is 0 Å². The number of benzene rings is 2. The van der Waals surface area contributed by atoms with Crippen LogP contribution in [0.4, 0.5) is 11.4 Å². The lowest BCUT2D eigenvalue weighted by Gasteiger charge is -2.39. The molecule has 2 heterocycles. The van der Waals surface area contributed by atoms with Crippen LogP contribution in [0.3, 0.4) is 0 Å². The van der Waals surface area contributed by atoms with Crippen LogP contribution in [0.25, 0.3) is 0 Å². The van der Waals surface area contributed by atoms with Gasteiger partial charge in [0.1, 0.15) is 6.04 Å². The van der Waals surface area contributed by atoms with E-state index >= 15 is 0 Å². The molecule has 2 aliphatic heterocycles. The first-order valence-electron chi connectivity index (χ1n) is 12.4. The molecule has 35 heavy (non-hydrogen) atoms. The Morgan fingerprint density at radius 1 is 0.971 bits per heavy atom. The highest BCUT2D eigenvalue weighted by molar-refractivity contribution is 5.97. The van der Waals surface area contributed by atoms with Gasteiger partial charge in [-0.05, 0) is 35.7 Å². The summed E-state index contributed by atoms with van der Waals surface area (Å²) in [6, 6.07) is 17.2. The highest BCUT2D eigenvalue weighted by atomic mass is 16.2. The molecule has 0 unspecified atom stereocenters. The zero-order valence-corrected chi connectivity index (χ0v) is 20.6. The molecule has 8 heteroatoms. The highest BCUT2D eigenvalue weighted by Gasteiger charge is 2.35. The molecule has 4 rings (SSSR count). The summed E-state index contributed by atoms with van der Waals surface area (Å²) in [5, 5.41) is 5.66. The van der Waals surface area contributed by atoms with E-state index in [2.05, 4.69) is 46.4 Å². The number of hydrogen-bond donors (Lipinski definition) is 2.